The van der Waals surface area contributed by atoms with Crippen molar-refractivity contribution < 1.29 is 17.9 Å². The minimum Gasteiger partial charge on any atom is -0.497 e. The summed E-state index contributed by atoms with van der Waals surface area (Å²) >= 11 is 0. The maximum Gasteiger partial charge on any atom is 0.243 e. The predicted molar refractivity (Wildman–Crippen MR) is 124 cm³/mol. The first-order chi connectivity index (χ1) is 14.7. The van der Waals surface area contributed by atoms with Gasteiger partial charge in [0.15, 0.2) is 0 Å². The molecule has 0 saturated carbocycles. The SMILES string of the molecule is CCN(CC)CCN(CC(C)C)C(=O)C1CCN(S(=O)(=O)c2ccc(OC)cc2)CC1. The van der Waals surface area contributed by atoms with Crippen molar-refractivity contribution in [3.8, 4) is 5.75 Å². The number of piperidine rings is 1. The van der Waals surface area contributed by atoms with Gasteiger partial charge in [-0.15, -0.1) is 0 Å². The molecule has 0 atom stereocenters. The molecule has 7 nitrogen and oxygen atoms in total. The molecule has 0 N–H and O–H groups in total. The molecule has 0 aromatic heterocycles. The second kappa shape index (κ2) is 11.8. The van der Waals surface area contributed by atoms with Gasteiger partial charge in [0.25, 0.3) is 0 Å². The maximum atomic E-state index is 13.2. The molecule has 1 fully saturated rings. The van der Waals surface area contributed by atoms with Gasteiger partial charge in [-0.25, -0.2) is 8.42 Å². The molecule has 1 aliphatic rings. The van der Waals surface area contributed by atoms with Gasteiger partial charge in [-0.2, -0.15) is 4.31 Å². The van der Waals surface area contributed by atoms with E-state index in [1.807, 2.05) is 4.90 Å². The molecule has 0 unspecified atom stereocenters. The first kappa shape index (κ1) is 25.6. The lowest BCUT2D eigenvalue weighted by molar-refractivity contribution is -0.137. The van der Waals surface area contributed by atoms with Crippen LogP contribution in [0.2, 0.25) is 0 Å². The van der Waals surface area contributed by atoms with Gasteiger partial charge in [0.1, 0.15) is 5.75 Å². The Kier molecular flexibility index (Phi) is 9.78. The molecular formula is C23H39N3O4S. The van der Waals surface area contributed by atoms with Crippen LogP contribution in [-0.4, -0.2) is 81.4 Å². The average molecular weight is 454 g/mol. The summed E-state index contributed by atoms with van der Waals surface area (Å²) in [5.41, 5.74) is 0. The standard InChI is InChI=1S/C23H39N3O4S/c1-6-24(7-2)16-17-25(18-19(3)4)23(27)20-12-14-26(15-13-20)31(28,29)22-10-8-21(30-5)9-11-22/h8-11,19-20H,6-7,12-18H2,1-5H3. The van der Waals surface area contributed by atoms with Crippen LogP contribution in [-0.2, 0) is 14.8 Å². The van der Waals surface area contributed by atoms with Gasteiger partial charge in [0, 0.05) is 38.6 Å². The van der Waals surface area contributed by atoms with E-state index in [0.29, 0.717) is 37.6 Å². The molecule has 31 heavy (non-hydrogen) atoms. The fourth-order valence-electron chi connectivity index (χ4n) is 4.03. The van der Waals surface area contributed by atoms with Crippen molar-refractivity contribution in [2.45, 2.75) is 45.4 Å². The number of methoxy groups -OCH3 is 1. The molecule has 176 valence electrons. The summed E-state index contributed by atoms with van der Waals surface area (Å²) < 4.78 is 32.6. The van der Waals surface area contributed by atoms with E-state index in [1.165, 1.54) is 4.31 Å². The lowest BCUT2D eigenvalue weighted by Crippen LogP contribution is -2.47. The Balaban J connectivity index is 2.00. The van der Waals surface area contributed by atoms with E-state index in [4.69, 9.17) is 4.74 Å². The van der Waals surface area contributed by atoms with Crippen molar-refractivity contribution >= 4 is 15.9 Å². The molecule has 0 bridgehead atoms. The normalized spacial score (nSPS) is 16.1. The maximum absolute atomic E-state index is 13.2. The van der Waals surface area contributed by atoms with Gasteiger partial charge >= 0.3 is 0 Å². The van der Waals surface area contributed by atoms with E-state index < -0.39 is 10.0 Å². The van der Waals surface area contributed by atoms with E-state index in [-0.39, 0.29) is 16.7 Å². The molecule has 2 rings (SSSR count). The highest BCUT2D eigenvalue weighted by Crippen LogP contribution is 2.26. The monoisotopic (exact) mass is 453 g/mol. The van der Waals surface area contributed by atoms with E-state index >= 15 is 0 Å². The number of carbonyl (C=O) groups excluding carboxylic acids is 1. The van der Waals surface area contributed by atoms with E-state index in [9.17, 15) is 13.2 Å². The van der Waals surface area contributed by atoms with Crippen LogP contribution in [0.3, 0.4) is 0 Å². The van der Waals surface area contributed by atoms with E-state index in [1.54, 1.807) is 31.4 Å². The number of benzene rings is 1. The summed E-state index contributed by atoms with van der Waals surface area (Å²) in [6.45, 7) is 13.6. The Morgan fingerprint density at radius 1 is 1.10 bits per heavy atom. The van der Waals surface area contributed by atoms with Gasteiger partial charge in [-0.05, 0) is 56.1 Å². The molecule has 1 saturated heterocycles. The zero-order valence-electron chi connectivity index (χ0n) is 19.7. The number of likely N-dealkylation sites (N-methyl/N-ethyl adjacent to an activating group) is 1. The van der Waals surface area contributed by atoms with Crippen molar-refractivity contribution in [3.05, 3.63) is 24.3 Å². The number of amides is 1. The molecule has 1 aromatic carbocycles. The fourth-order valence-corrected chi connectivity index (χ4v) is 5.50. The molecule has 0 aliphatic carbocycles. The van der Waals surface area contributed by atoms with Crippen LogP contribution in [0.4, 0.5) is 0 Å². The number of sulfonamides is 1. The summed E-state index contributed by atoms with van der Waals surface area (Å²) in [4.78, 5) is 17.8. The molecular weight excluding hydrogens is 414 g/mol. The third-order valence-electron chi connectivity index (χ3n) is 5.98. The second-order valence-corrected chi connectivity index (χ2v) is 10.5. The van der Waals surface area contributed by atoms with Crippen LogP contribution in [0, 0.1) is 11.8 Å². The summed E-state index contributed by atoms with van der Waals surface area (Å²) in [5.74, 6) is 1.08. The zero-order chi connectivity index (χ0) is 23.0. The topological polar surface area (TPSA) is 70.2 Å². The Bertz CT molecular complexity index is 784. The third-order valence-corrected chi connectivity index (χ3v) is 7.89. The Labute approximate surface area is 188 Å². The molecule has 1 aromatic rings. The van der Waals surface area contributed by atoms with Crippen LogP contribution >= 0.6 is 0 Å². The molecule has 0 radical (unpaired) electrons. The summed E-state index contributed by atoms with van der Waals surface area (Å²) in [5, 5.41) is 0. The highest BCUT2D eigenvalue weighted by atomic mass is 32.2. The van der Waals surface area contributed by atoms with Crippen molar-refractivity contribution in [1.29, 1.82) is 0 Å². The third kappa shape index (κ3) is 6.92. The quantitative estimate of drug-likeness (QED) is 0.515. The van der Waals surface area contributed by atoms with Gasteiger partial charge in [0.05, 0.1) is 12.0 Å². The van der Waals surface area contributed by atoms with Crippen LogP contribution in [0.25, 0.3) is 0 Å². The minimum absolute atomic E-state index is 0.113. The predicted octanol–water partition coefficient (Wildman–Crippen LogP) is 2.92. The van der Waals surface area contributed by atoms with Crippen LogP contribution in [0.5, 0.6) is 5.75 Å². The van der Waals surface area contributed by atoms with Gasteiger partial charge < -0.3 is 14.5 Å². The molecule has 1 amide bonds. The highest BCUT2D eigenvalue weighted by molar-refractivity contribution is 7.89. The van der Waals surface area contributed by atoms with Crippen LogP contribution in [0.15, 0.2) is 29.2 Å². The number of nitrogens with zero attached hydrogens (tertiary/aromatic N) is 3. The molecule has 1 heterocycles. The van der Waals surface area contributed by atoms with E-state index in [2.05, 4.69) is 32.6 Å². The van der Waals surface area contributed by atoms with Crippen molar-refractivity contribution in [2.75, 3.05) is 52.9 Å². The number of hydrogen-bond acceptors (Lipinski definition) is 5. The van der Waals surface area contributed by atoms with Gasteiger partial charge in [0.2, 0.25) is 15.9 Å². The van der Waals surface area contributed by atoms with E-state index in [0.717, 1.165) is 32.7 Å². The number of rotatable bonds is 11. The average Bonchev–Trinajstić information content (AvgIpc) is 2.78. The zero-order valence-corrected chi connectivity index (χ0v) is 20.5. The second-order valence-electron chi connectivity index (χ2n) is 8.56. The molecule has 1 aliphatic heterocycles. The lowest BCUT2D eigenvalue weighted by atomic mass is 9.96. The van der Waals surface area contributed by atoms with Crippen LogP contribution in [0.1, 0.15) is 40.5 Å². The molecule has 8 heteroatoms. The fraction of sp³-hybridized carbons (Fsp3) is 0.696. The number of hydrogen-bond donors (Lipinski definition) is 0. The van der Waals surface area contributed by atoms with Gasteiger partial charge in [-0.3, -0.25) is 4.79 Å². The lowest BCUT2D eigenvalue weighted by Gasteiger charge is -2.35. The van der Waals surface area contributed by atoms with Crippen LogP contribution < -0.4 is 4.74 Å². The Hall–Kier alpha value is -1.64. The smallest absolute Gasteiger partial charge is 0.243 e. The Morgan fingerprint density at radius 2 is 1.68 bits per heavy atom. The highest BCUT2D eigenvalue weighted by Gasteiger charge is 2.34. The Morgan fingerprint density at radius 3 is 2.16 bits per heavy atom. The number of ether oxygens (including phenoxy) is 1. The minimum atomic E-state index is -3.56. The summed E-state index contributed by atoms with van der Waals surface area (Å²) in [6.07, 6.45) is 1.13. The van der Waals surface area contributed by atoms with Crippen molar-refractivity contribution in [3.63, 3.8) is 0 Å². The first-order valence-corrected chi connectivity index (χ1v) is 12.8. The summed E-state index contributed by atoms with van der Waals surface area (Å²) in [7, 11) is -2.01. The number of carbonyl (C=O) groups is 1. The van der Waals surface area contributed by atoms with Crippen molar-refractivity contribution in [1.82, 2.24) is 14.1 Å². The van der Waals surface area contributed by atoms with Crippen molar-refractivity contribution in [2.24, 2.45) is 11.8 Å². The first-order valence-electron chi connectivity index (χ1n) is 11.4. The summed E-state index contributed by atoms with van der Waals surface area (Å²) in [6, 6.07) is 6.46. The van der Waals surface area contributed by atoms with Gasteiger partial charge in [-0.1, -0.05) is 27.7 Å². The largest absolute Gasteiger partial charge is 0.497 e. The molecule has 0 spiro atoms.